The molecule has 0 aromatic heterocycles. The summed E-state index contributed by atoms with van der Waals surface area (Å²) in [4.78, 5) is 19.8. The van der Waals surface area contributed by atoms with Crippen LogP contribution in [0.3, 0.4) is 0 Å². The van der Waals surface area contributed by atoms with Gasteiger partial charge in [0.25, 0.3) is 0 Å². The fourth-order valence-electron chi connectivity index (χ4n) is 5.84. The number of carbonyl (C=O) groups is 1. The predicted molar refractivity (Wildman–Crippen MR) is 164 cm³/mol. The summed E-state index contributed by atoms with van der Waals surface area (Å²) in [5.41, 5.74) is 8.79. The summed E-state index contributed by atoms with van der Waals surface area (Å²) in [6.07, 6.45) is 3.09. The number of allylic oxidation sites excluding steroid dienone is 1. The van der Waals surface area contributed by atoms with E-state index in [9.17, 15) is 9.18 Å². The molecule has 0 unspecified atom stereocenters. The molecule has 1 saturated heterocycles. The molecule has 5 rings (SSSR count). The highest BCUT2D eigenvalue weighted by Crippen LogP contribution is 2.42. The van der Waals surface area contributed by atoms with Crippen LogP contribution in [0.5, 0.6) is 0 Å². The van der Waals surface area contributed by atoms with E-state index in [0.29, 0.717) is 22.0 Å². The summed E-state index contributed by atoms with van der Waals surface area (Å²) in [5, 5.41) is 5.56. The van der Waals surface area contributed by atoms with E-state index in [1.165, 1.54) is 7.11 Å². The van der Waals surface area contributed by atoms with Gasteiger partial charge in [0.05, 0.1) is 25.1 Å². The molecule has 1 aliphatic carbocycles. The molecule has 1 aliphatic heterocycles. The molecule has 1 heterocycles. The van der Waals surface area contributed by atoms with Crippen molar-refractivity contribution in [2.75, 3.05) is 40.5 Å². The molecule has 214 valence electrons. The van der Waals surface area contributed by atoms with Crippen molar-refractivity contribution in [2.24, 2.45) is 11.1 Å². The van der Waals surface area contributed by atoms with Crippen LogP contribution in [0.2, 0.25) is 10.0 Å². The van der Waals surface area contributed by atoms with Crippen molar-refractivity contribution in [3.63, 3.8) is 0 Å². The van der Waals surface area contributed by atoms with Gasteiger partial charge in [-0.15, -0.1) is 0 Å². The fourth-order valence-corrected chi connectivity index (χ4v) is 6.37. The molecule has 0 atom stereocenters. The standard InChI is InChI=1S/C33H33Cl2FN2O3/c1-40-33(39)24-11-13-27-23(17-24)5-3-6-29(28-14-12-26(34)18-30(28)35)31(27)21-7-9-22(10-8-21)32(37-41-2)25-19-38(20-25)16-4-15-36/h7-14,17-18,25H,3-6,15-16,19-20H2,1-2H3/b37-32-. The van der Waals surface area contributed by atoms with E-state index in [0.717, 1.165) is 83.6 Å². The lowest BCUT2D eigenvalue weighted by molar-refractivity contribution is 0.0600. The second-order valence-electron chi connectivity index (χ2n) is 10.4. The topological polar surface area (TPSA) is 51.1 Å². The van der Waals surface area contributed by atoms with Crippen LogP contribution in [0, 0.1) is 5.92 Å². The lowest BCUT2D eigenvalue weighted by Gasteiger charge is -2.39. The molecule has 0 spiro atoms. The molecule has 5 nitrogen and oxygen atoms in total. The SMILES string of the molecule is CO/N=C(/c1ccc(C2=C(c3ccc(Cl)cc3Cl)CCCc3cc(C(=O)OC)ccc32)cc1)C1CN(CCCF)C1. The zero-order valence-corrected chi connectivity index (χ0v) is 24.8. The Balaban J connectivity index is 1.57. The molecule has 41 heavy (non-hydrogen) atoms. The van der Waals surface area contributed by atoms with Gasteiger partial charge in [-0.05, 0) is 88.9 Å². The van der Waals surface area contributed by atoms with Gasteiger partial charge in [0.1, 0.15) is 7.11 Å². The third-order valence-electron chi connectivity index (χ3n) is 7.84. The minimum absolute atomic E-state index is 0.235. The summed E-state index contributed by atoms with van der Waals surface area (Å²) in [5.74, 6) is -0.115. The maximum absolute atomic E-state index is 12.6. The van der Waals surface area contributed by atoms with Gasteiger partial charge in [0.2, 0.25) is 0 Å². The van der Waals surface area contributed by atoms with Gasteiger partial charge >= 0.3 is 5.97 Å². The van der Waals surface area contributed by atoms with Gasteiger partial charge in [-0.2, -0.15) is 0 Å². The average molecular weight is 596 g/mol. The molecule has 0 saturated carbocycles. The van der Waals surface area contributed by atoms with Gasteiger partial charge in [0.15, 0.2) is 0 Å². The number of halogens is 3. The maximum Gasteiger partial charge on any atom is 0.337 e. The molecule has 0 bridgehead atoms. The van der Waals surface area contributed by atoms with Crippen LogP contribution in [0.25, 0.3) is 11.1 Å². The molecular weight excluding hydrogens is 562 g/mol. The van der Waals surface area contributed by atoms with Crippen molar-refractivity contribution in [2.45, 2.75) is 25.7 Å². The number of nitrogens with zero attached hydrogens (tertiary/aromatic N) is 2. The van der Waals surface area contributed by atoms with E-state index in [2.05, 4.69) is 34.3 Å². The van der Waals surface area contributed by atoms with Gasteiger partial charge < -0.3 is 14.5 Å². The second kappa shape index (κ2) is 13.2. The Labute approximate surface area is 250 Å². The Hall–Kier alpha value is -3.19. The molecule has 0 radical (unpaired) electrons. The number of fused-ring (bicyclic) bond motifs is 1. The minimum Gasteiger partial charge on any atom is -0.465 e. The summed E-state index contributed by atoms with van der Waals surface area (Å²) in [6, 6.07) is 19.8. The number of rotatable bonds is 9. The van der Waals surface area contributed by atoms with Crippen LogP contribution < -0.4 is 0 Å². The van der Waals surface area contributed by atoms with E-state index in [1.54, 1.807) is 13.2 Å². The highest BCUT2D eigenvalue weighted by molar-refractivity contribution is 6.36. The largest absolute Gasteiger partial charge is 0.465 e. The number of oxime groups is 1. The first-order valence-electron chi connectivity index (χ1n) is 13.8. The summed E-state index contributed by atoms with van der Waals surface area (Å²) in [6.45, 7) is 2.13. The first-order valence-corrected chi connectivity index (χ1v) is 14.6. The molecular formula is C33H33Cl2FN2O3. The number of carbonyl (C=O) groups excluding carboxylic acids is 1. The van der Waals surface area contributed by atoms with Gasteiger partial charge in [0, 0.05) is 35.6 Å². The predicted octanol–water partition coefficient (Wildman–Crippen LogP) is 7.72. The van der Waals surface area contributed by atoms with E-state index in [1.807, 2.05) is 30.3 Å². The van der Waals surface area contributed by atoms with Crippen LogP contribution in [0.15, 0.2) is 65.8 Å². The highest BCUT2D eigenvalue weighted by atomic mass is 35.5. The van der Waals surface area contributed by atoms with Crippen LogP contribution >= 0.6 is 23.2 Å². The zero-order valence-electron chi connectivity index (χ0n) is 23.3. The Bertz CT molecular complexity index is 1480. The van der Waals surface area contributed by atoms with E-state index in [-0.39, 0.29) is 18.6 Å². The third-order valence-corrected chi connectivity index (χ3v) is 8.39. The van der Waals surface area contributed by atoms with Gasteiger partial charge in [-0.3, -0.25) is 4.39 Å². The van der Waals surface area contributed by atoms with E-state index in [4.69, 9.17) is 32.8 Å². The van der Waals surface area contributed by atoms with Crippen LogP contribution in [-0.2, 0) is 16.0 Å². The fraction of sp³-hybridized carbons (Fsp3) is 0.333. The number of alkyl halides is 1. The van der Waals surface area contributed by atoms with Crippen molar-refractivity contribution >= 4 is 46.0 Å². The number of ether oxygens (including phenoxy) is 1. The molecule has 0 amide bonds. The molecule has 1 fully saturated rings. The lowest BCUT2D eigenvalue weighted by Crippen LogP contribution is -2.50. The molecule has 3 aromatic carbocycles. The van der Waals surface area contributed by atoms with E-state index >= 15 is 0 Å². The smallest absolute Gasteiger partial charge is 0.337 e. The van der Waals surface area contributed by atoms with E-state index < -0.39 is 0 Å². The van der Waals surface area contributed by atoms with Crippen molar-refractivity contribution in [3.8, 4) is 0 Å². The number of methoxy groups -OCH3 is 1. The first-order chi connectivity index (χ1) is 19.9. The average Bonchev–Trinajstić information content (AvgIpc) is 3.14. The number of benzene rings is 3. The quantitative estimate of drug-likeness (QED) is 0.144. The van der Waals surface area contributed by atoms with Crippen molar-refractivity contribution < 1.29 is 18.8 Å². The summed E-state index contributed by atoms with van der Waals surface area (Å²) in [7, 11) is 2.96. The number of hydrogen-bond donors (Lipinski definition) is 0. The molecule has 8 heteroatoms. The number of aryl methyl sites for hydroxylation is 1. The van der Waals surface area contributed by atoms with Crippen LogP contribution in [-0.4, -0.2) is 57.1 Å². The maximum atomic E-state index is 12.6. The summed E-state index contributed by atoms with van der Waals surface area (Å²) >= 11 is 13.0. The van der Waals surface area contributed by atoms with Crippen molar-refractivity contribution in [1.29, 1.82) is 0 Å². The van der Waals surface area contributed by atoms with Gasteiger partial charge in [-0.25, -0.2) is 4.79 Å². The Kier molecular flexibility index (Phi) is 9.43. The van der Waals surface area contributed by atoms with Crippen LogP contribution in [0.4, 0.5) is 4.39 Å². The van der Waals surface area contributed by atoms with Crippen molar-refractivity contribution in [3.05, 3.63) is 104 Å². The lowest BCUT2D eigenvalue weighted by atomic mass is 9.85. The minimum atomic E-state index is -0.350. The third kappa shape index (κ3) is 6.35. The number of hydrogen-bond acceptors (Lipinski definition) is 5. The Morgan fingerprint density at radius 2 is 1.71 bits per heavy atom. The number of esters is 1. The molecule has 3 aromatic rings. The molecule has 2 aliphatic rings. The number of likely N-dealkylation sites (tertiary alicyclic amines) is 1. The van der Waals surface area contributed by atoms with Gasteiger partial charge in [-0.1, -0.05) is 64.8 Å². The van der Waals surface area contributed by atoms with Crippen molar-refractivity contribution in [1.82, 2.24) is 4.90 Å². The zero-order chi connectivity index (χ0) is 28.9. The summed E-state index contributed by atoms with van der Waals surface area (Å²) < 4.78 is 17.6. The Morgan fingerprint density at radius 3 is 2.39 bits per heavy atom. The first kappa shape index (κ1) is 29.3. The Morgan fingerprint density at radius 1 is 0.976 bits per heavy atom. The second-order valence-corrected chi connectivity index (χ2v) is 11.3. The molecule has 0 N–H and O–H groups in total. The monoisotopic (exact) mass is 594 g/mol. The normalized spacial score (nSPS) is 16.2. The van der Waals surface area contributed by atoms with Crippen LogP contribution in [0.1, 0.15) is 57.4 Å². The highest BCUT2D eigenvalue weighted by Gasteiger charge is 2.32.